The van der Waals surface area contributed by atoms with Gasteiger partial charge in [-0.3, -0.25) is 0 Å². The van der Waals surface area contributed by atoms with Gasteiger partial charge in [0, 0.05) is 16.6 Å². The Labute approximate surface area is 117 Å². The lowest BCUT2D eigenvalue weighted by molar-refractivity contribution is 0.0613. The van der Waals surface area contributed by atoms with Gasteiger partial charge in [0.2, 0.25) is 10.0 Å². The highest BCUT2D eigenvalue weighted by atomic mass is 35.5. The van der Waals surface area contributed by atoms with Crippen LogP contribution in [0.25, 0.3) is 0 Å². The van der Waals surface area contributed by atoms with Crippen molar-refractivity contribution in [2.45, 2.75) is 30.8 Å². The van der Waals surface area contributed by atoms with E-state index in [-0.39, 0.29) is 21.5 Å². The summed E-state index contributed by atoms with van der Waals surface area (Å²) in [7, 11) is -3.73. The van der Waals surface area contributed by atoms with E-state index in [1.54, 1.807) is 13.8 Å². The van der Waals surface area contributed by atoms with E-state index in [4.69, 9.17) is 23.2 Å². The van der Waals surface area contributed by atoms with Gasteiger partial charge in [-0.2, -0.15) is 0 Å². The average molecular weight is 312 g/mol. The molecule has 1 atom stereocenters. The van der Waals surface area contributed by atoms with Crippen molar-refractivity contribution in [3.05, 3.63) is 28.2 Å². The number of hydrogen-bond donors (Lipinski definition) is 2. The molecule has 0 aliphatic carbocycles. The van der Waals surface area contributed by atoms with Crippen molar-refractivity contribution in [1.82, 2.24) is 4.72 Å². The molecule has 0 fully saturated rings. The van der Waals surface area contributed by atoms with Crippen molar-refractivity contribution in [2.75, 3.05) is 6.54 Å². The average Bonchev–Trinajstić information content (AvgIpc) is 2.25. The van der Waals surface area contributed by atoms with Gasteiger partial charge in [-0.05, 0) is 31.5 Å². The zero-order valence-electron chi connectivity index (χ0n) is 10.1. The minimum Gasteiger partial charge on any atom is -0.389 e. The third-order valence-electron chi connectivity index (χ3n) is 2.55. The molecular weight excluding hydrogens is 297 g/mol. The second-order valence-corrected chi connectivity index (χ2v) is 6.92. The molecule has 0 aromatic heterocycles. The summed E-state index contributed by atoms with van der Waals surface area (Å²) in [6, 6.07) is 4.05. The van der Waals surface area contributed by atoms with Gasteiger partial charge in [0.05, 0.1) is 10.5 Å². The molecule has 1 aromatic rings. The third kappa shape index (κ3) is 4.40. The summed E-state index contributed by atoms with van der Waals surface area (Å²) >= 11 is 11.5. The lowest BCUT2D eigenvalue weighted by Crippen LogP contribution is -2.40. The predicted molar refractivity (Wildman–Crippen MR) is 72.6 cm³/mol. The molecule has 1 rings (SSSR count). The molecule has 0 spiro atoms. The van der Waals surface area contributed by atoms with Crippen LogP contribution >= 0.6 is 23.2 Å². The number of halogens is 2. The Bertz CT molecular complexity index is 509. The number of rotatable bonds is 5. The Morgan fingerprint density at radius 3 is 2.22 bits per heavy atom. The fourth-order valence-electron chi connectivity index (χ4n) is 1.14. The Morgan fingerprint density at radius 2 is 1.78 bits per heavy atom. The molecule has 18 heavy (non-hydrogen) atoms. The van der Waals surface area contributed by atoms with Gasteiger partial charge in [0.1, 0.15) is 0 Å². The summed E-state index contributed by atoms with van der Waals surface area (Å²) in [6.07, 6.45) is 0.436. The molecule has 0 bridgehead atoms. The zero-order valence-corrected chi connectivity index (χ0v) is 12.4. The topological polar surface area (TPSA) is 66.4 Å². The van der Waals surface area contributed by atoms with Crippen molar-refractivity contribution in [1.29, 1.82) is 0 Å². The first-order chi connectivity index (χ1) is 8.16. The number of nitrogens with one attached hydrogen (secondary N) is 1. The molecule has 2 N–H and O–H groups in total. The Morgan fingerprint density at radius 1 is 1.28 bits per heavy atom. The van der Waals surface area contributed by atoms with Crippen LogP contribution in [0.4, 0.5) is 0 Å². The smallest absolute Gasteiger partial charge is 0.240 e. The Hall–Kier alpha value is -0.330. The minimum absolute atomic E-state index is 0.0214. The molecule has 0 aliphatic heterocycles. The maximum atomic E-state index is 12.0. The van der Waals surface area contributed by atoms with Gasteiger partial charge in [-0.15, -0.1) is 0 Å². The molecular formula is C11H15Cl2NO3S. The van der Waals surface area contributed by atoms with Crippen LogP contribution in [0.1, 0.15) is 20.3 Å². The van der Waals surface area contributed by atoms with Gasteiger partial charge in [-0.1, -0.05) is 30.1 Å². The van der Waals surface area contributed by atoms with Crippen LogP contribution in [-0.4, -0.2) is 25.7 Å². The predicted octanol–water partition coefficient (Wildman–Crippen LogP) is 2.43. The van der Waals surface area contributed by atoms with E-state index in [0.29, 0.717) is 6.42 Å². The second-order valence-electron chi connectivity index (χ2n) is 4.28. The van der Waals surface area contributed by atoms with E-state index in [2.05, 4.69) is 4.72 Å². The molecule has 0 saturated heterocycles. The van der Waals surface area contributed by atoms with E-state index >= 15 is 0 Å². The van der Waals surface area contributed by atoms with E-state index in [0.717, 1.165) is 0 Å². The molecule has 102 valence electrons. The van der Waals surface area contributed by atoms with Gasteiger partial charge >= 0.3 is 0 Å². The van der Waals surface area contributed by atoms with Crippen LogP contribution in [0, 0.1) is 0 Å². The van der Waals surface area contributed by atoms with Crippen LogP contribution in [0.2, 0.25) is 10.0 Å². The third-order valence-corrected chi connectivity index (χ3v) is 4.37. The molecule has 1 unspecified atom stereocenters. The first kappa shape index (κ1) is 15.7. The fraction of sp³-hybridized carbons (Fsp3) is 0.455. The van der Waals surface area contributed by atoms with Crippen LogP contribution in [0.5, 0.6) is 0 Å². The standard InChI is InChI=1S/C11H15Cl2NO3S/c1-3-11(2,15)7-14-18(16,17)10-5-8(12)4-9(13)6-10/h4-6,14-15H,3,7H2,1-2H3. The van der Waals surface area contributed by atoms with Gasteiger partial charge in [0.25, 0.3) is 0 Å². The van der Waals surface area contributed by atoms with Gasteiger partial charge in [0.15, 0.2) is 0 Å². The molecule has 1 aromatic carbocycles. The molecule has 0 radical (unpaired) electrons. The first-order valence-electron chi connectivity index (χ1n) is 5.34. The zero-order chi connectivity index (χ0) is 14.0. The Balaban J connectivity index is 2.93. The van der Waals surface area contributed by atoms with Crippen molar-refractivity contribution < 1.29 is 13.5 Å². The lowest BCUT2D eigenvalue weighted by Gasteiger charge is -2.21. The van der Waals surface area contributed by atoms with E-state index < -0.39 is 15.6 Å². The normalized spacial score (nSPS) is 15.4. The van der Waals surface area contributed by atoms with Crippen molar-refractivity contribution >= 4 is 33.2 Å². The van der Waals surface area contributed by atoms with Gasteiger partial charge < -0.3 is 5.11 Å². The summed E-state index contributed by atoms with van der Waals surface area (Å²) < 4.78 is 26.2. The molecule has 0 heterocycles. The fourth-order valence-corrected chi connectivity index (χ4v) is 3.03. The maximum Gasteiger partial charge on any atom is 0.240 e. The van der Waals surface area contributed by atoms with E-state index in [1.807, 2.05) is 0 Å². The number of hydrogen-bond acceptors (Lipinski definition) is 3. The number of sulfonamides is 1. The van der Waals surface area contributed by atoms with Crippen LogP contribution in [0.15, 0.2) is 23.1 Å². The summed E-state index contributed by atoms with van der Waals surface area (Å²) in [6.45, 7) is 3.25. The largest absolute Gasteiger partial charge is 0.389 e. The monoisotopic (exact) mass is 311 g/mol. The summed E-state index contributed by atoms with van der Waals surface area (Å²) in [5, 5.41) is 10.2. The summed E-state index contributed by atoms with van der Waals surface area (Å²) in [5.41, 5.74) is -1.09. The summed E-state index contributed by atoms with van der Waals surface area (Å²) in [4.78, 5) is -0.0214. The highest BCUT2D eigenvalue weighted by molar-refractivity contribution is 7.89. The van der Waals surface area contributed by atoms with Crippen molar-refractivity contribution in [2.24, 2.45) is 0 Å². The summed E-state index contributed by atoms with van der Waals surface area (Å²) in [5.74, 6) is 0. The van der Waals surface area contributed by atoms with Crippen molar-refractivity contribution in [3.8, 4) is 0 Å². The number of benzene rings is 1. The number of aliphatic hydroxyl groups is 1. The van der Waals surface area contributed by atoms with E-state index in [9.17, 15) is 13.5 Å². The molecule has 0 amide bonds. The maximum absolute atomic E-state index is 12.0. The molecule has 4 nitrogen and oxygen atoms in total. The van der Waals surface area contributed by atoms with E-state index in [1.165, 1.54) is 18.2 Å². The highest BCUT2D eigenvalue weighted by Gasteiger charge is 2.22. The van der Waals surface area contributed by atoms with Crippen LogP contribution < -0.4 is 4.72 Å². The second kappa shape index (κ2) is 5.75. The lowest BCUT2D eigenvalue weighted by atomic mass is 10.1. The van der Waals surface area contributed by atoms with Gasteiger partial charge in [-0.25, -0.2) is 13.1 Å². The SMILES string of the molecule is CCC(C)(O)CNS(=O)(=O)c1cc(Cl)cc(Cl)c1. The highest BCUT2D eigenvalue weighted by Crippen LogP contribution is 2.22. The van der Waals surface area contributed by atoms with Crippen LogP contribution in [0.3, 0.4) is 0 Å². The molecule has 7 heteroatoms. The quantitative estimate of drug-likeness (QED) is 0.877. The Kier molecular flexibility index (Phi) is 5.03. The van der Waals surface area contributed by atoms with Crippen LogP contribution in [-0.2, 0) is 10.0 Å². The van der Waals surface area contributed by atoms with Crippen molar-refractivity contribution in [3.63, 3.8) is 0 Å². The first-order valence-corrected chi connectivity index (χ1v) is 7.58. The molecule has 0 aliphatic rings. The molecule has 0 saturated carbocycles. The minimum atomic E-state index is -3.73.